The van der Waals surface area contributed by atoms with Gasteiger partial charge in [-0.15, -0.1) is 0 Å². The van der Waals surface area contributed by atoms with Crippen LogP contribution in [0.3, 0.4) is 0 Å². The molecule has 0 radical (unpaired) electrons. The summed E-state index contributed by atoms with van der Waals surface area (Å²) in [6.07, 6.45) is 1.94. The predicted octanol–water partition coefficient (Wildman–Crippen LogP) is 1.46. The van der Waals surface area contributed by atoms with Crippen LogP contribution in [0.2, 0.25) is 0 Å². The monoisotopic (exact) mass is 282 g/mol. The van der Waals surface area contributed by atoms with Crippen molar-refractivity contribution in [3.8, 4) is 6.01 Å². The molecule has 7 nitrogen and oxygen atoms in total. The van der Waals surface area contributed by atoms with Gasteiger partial charge < -0.3 is 20.3 Å². The van der Waals surface area contributed by atoms with Gasteiger partial charge in [0.1, 0.15) is 0 Å². The highest BCUT2D eigenvalue weighted by Gasteiger charge is 2.07. The SMILES string of the molecule is CCCNc1nc(NCCN(C)C)nc(OCCC)n1. The lowest BCUT2D eigenvalue weighted by molar-refractivity contribution is 0.292. The second kappa shape index (κ2) is 9.30. The molecular weight excluding hydrogens is 256 g/mol. The molecule has 0 bridgehead atoms. The van der Waals surface area contributed by atoms with Gasteiger partial charge in [0.25, 0.3) is 0 Å². The lowest BCUT2D eigenvalue weighted by Gasteiger charge is -2.12. The van der Waals surface area contributed by atoms with Gasteiger partial charge >= 0.3 is 6.01 Å². The van der Waals surface area contributed by atoms with E-state index in [4.69, 9.17) is 4.74 Å². The highest BCUT2D eigenvalue weighted by molar-refractivity contribution is 5.35. The summed E-state index contributed by atoms with van der Waals surface area (Å²) in [5, 5.41) is 6.34. The third-order valence-corrected chi connectivity index (χ3v) is 2.43. The van der Waals surface area contributed by atoms with Crippen molar-refractivity contribution in [1.82, 2.24) is 19.9 Å². The number of nitrogens with one attached hydrogen (secondary N) is 2. The van der Waals surface area contributed by atoms with Gasteiger partial charge in [0, 0.05) is 19.6 Å². The van der Waals surface area contributed by atoms with E-state index in [0.717, 1.165) is 32.5 Å². The topological polar surface area (TPSA) is 75.2 Å². The number of ether oxygens (including phenoxy) is 1. The smallest absolute Gasteiger partial charge is 0.323 e. The average molecular weight is 282 g/mol. The number of hydrogen-bond donors (Lipinski definition) is 2. The third-order valence-electron chi connectivity index (χ3n) is 2.43. The van der Waals surface area contributed by atoms with Gasteiger partial charge in [-0.1, -0.05) is 13.8 Å². The predicted molar refractivity (Wildman–Crippen MR) is 81.4 cm³/mol. The lowest BCUT2D eigenvalue weighted by Crippen LogP contribution is -2.22. The number of likely N-dealkylation sites (N-methyl/N-ethyl adjacent to an activating group) is 1. The lowest BCUT2D eigenvalue weighted by atomic mass is 10.5. The molecule has 0 unspecified atom stereocenters. The van der Waals surface area contributed by atoms with Crippen LogP contribution in [0.1, 0.15) is 26.7 Å². The number of rotatable bonds is 10. The minimum absolute atomic E-state index is 0.368. The zero-order valence-corrected chi connectivity index (χ0v) is 12.9. The van der Waals surface area contributed by atoms with E-state index in [1.54, 1.807) is 0 Å². The molecule has 0 aliphatic rings. The van der Waals surface area contributed by atoms with E-state index < -0.39 is 0 Å². The van der Waals surface area contributed by atoms with Crippen molar-refractivity contribution in [3.63, 3.8) is 0 Å². The highest BCUT2D eigenvalue weighted by atomic mass is 16.5. The molecule has 1 heterocycles. The summed E-state index contributed by atoms with van der Waals surface area (Å²) in [6, 6.07) is 0.368. The number of nitrogens with zero attached hydrogens (tertiary/aromatic N) is 4. The fourth-order valence-electron chi connectivity index (χ4n) is 1.40. The molecule has 0 saturated heterocycles. The Hall–Kier alpha value is -1.63. The van der Waals surface area contributed by atoms with Crippen LogP contribution in [0, 0.1) is 0 Å². The number of hydrogen-bond acceptors (Lipinski definition) is 7. The van der Waals surface area contributed by atoms with E-state index >= 15 is 0 Å². The quantitative estimate of drug-likeness (QED) is 0.673. The molecule has 0 aliphatic heterocycles. The molecular formula is C13H26N6O. The number of anilines is 2. The highest BCUT2D eigenvalue weighted by Crippen LogP contribution is 2.11. The summed E-state index contributed by atoms with van der Waals surface area (Å²) < 4.78 is 5.49. The first-order chi connectivity index (χ1) is 9.65. The van der Waals surface area contributed by atoms with Crippen molar-refractivity contribution < 1.29 is 4.74 Å². The summed E-state index contributed by atoms with van der Waals surface area (Å²) in [6.45, 7) is 7.27. The molecule has 0 spiro atoms. The summed E-state index contributed by atoms with van der Waals surface area (Å²) >= 11 is 0. The summed E-state index contributed by atoms with van der Waals surface area (Å²) in [4.78, 5) is 14.9. The zero-order chi connectivity index (χ0) is 14.8. The van der Waals surface area contributed by atoms with E-state index in [1.807, 2.05) is 21.0 Å². The van der Waals surface area contributed by atoms with Crippen molar-refractivity contribution >= 4 is 11.9 Å². The van der Waals surface area contributed by atoms with Crippen molar-refractivity contribution in [3.05, 3.63) is 0 Å². The van der Waals surface area contributed by atoms with Crippen LogP contribution in [0.15, 0.2) is 0 Å². The Morgan fingerprint density at radius 3 is 2.15 bits per heavy atom. The van der Waals surface area contributed by atoms with Gasteiger partial charge in [0.15, 0.2) is 0 Å². The van der Waals surface area contributed by atoms with Crippen LogP contribution in [-0.4, -0.2) is 60.2 Å². The summed E-state index contributed by atoms with van der Waals surface area (Å²) in [5.41, 5.74) is 0. The molecule has 7 heteroatoms. The molecule has 0 fully saturated rings. The molecule has 114 valence electrons. The average Bonchev–Trinajstić information content (AvgIpc) is 2.42. The van der Waals surface area contributed by atoms with Gasteiger partial charge in [0.2, 0.25) is 11.9 Å². The van der Waals surface area contributed by atoms with E-state index in [2.05, 4.69) is 37.4 Å². The molecule has 1 aromatic heterocycles. The minimum atomic E-state index is 0.368. The van der Waals surface area contributed by atoms with Crippen LogP contribution >= 0.6 is 0 Å². The molecule has 2 N–H and O–H groups in total. The first kappa shape index (κ1) is 16.4. The Bertz CT molecular complexity index is 359. The van der Waals surface area contributed by atoms with E-state index in [9.17, 15) is 0 Å². The van der Waals surface area contributed by atoms with Gasteiger partial charge in [-0.25, -0.2) is 0 Å². The van der Waals surface area contributed by atoms with Crippen molar-refractivity contribution in [2.24, 2.45) is 0 Å². The maximum atomic E-state index is 5.49. The fourth-order valence-corrected chi connectivity index (χ4v) is 1.40. The largest absolute Gasteiger partial charge is 0.463 e. The number of aromatic nitrogens is 3. The van der Waals surface area contributed by atoms with E-state index in [-0.39, 0.29) is 0 Å². The van der Waals surface area contributed by atoms with Crippen LogP contribution < -0.4 is 15.4 Å². The fraction of sp³-hybridized carbons (Fsp3) is 0.769. The van der Waals surface area contributed by atoms with Crippen molar-refractivity contribution in [2.45, 2.75) is 26.7 Å². The zero-order valence-electron chi connectivity index (χ0n) is 12.9. The summed E-state index contributed by atoms with van der Waals surface area (Å²) in [5.74, 6) is 1.10. The molecule has 0 aromatic carbocycles. The Balaban J connectivity index is 2.68. The third kappa shape index (κ3) is 6.51. The van der Waals surface area contributed by atoms with Crippen molar-refractivity contribution in [1.29, 1.82) is 0 Å². The van der Waals surface area contributed by atoms with Crippen LogP contribution in [-0.2, 0) is 0 Å². The Morgan fingerprint density at radius 2 is 1.60 bits per heavy atom. The molecule has 0 amide bonds. The molecule has 0 saturated carbocycles. The van der Waals surface area contributed by atoms with E-state index in [1.165, 1.54) is 0 Å². The Morgan fingerprint density at radius 1 is 0.950 bits per heavy atom. The normalized spacial score (nSPS) is 10.7. The molecule has 20 heavy (non-hydrogen) atoms. The maximum absolute atomic E-state index is 5.49. The second-order valence-corrected chi connectivity index (χ2v) is 4.77. The van der Waals surface area contributed by atoms with Crippen LogP contribution in [0.25, 0.3) is 0 Å². The Labute approximate surface area is 121 Å². The van der Waals surface area contributed by atoms with Crippen molar-refractivity contribution in [2.75, 3.05) is 51.0 Å². The first-order valence-corrected chi connectivity index (χ1v) is 7.17. The first-order valence-electron chi connectivity index (χ1n) is 7.17. The molecule has 1 aromatic rings. The minimum Gasteiger partial charge on any atom is -0.463 e. The maximum Gasteiger partial charge on any atom is 0.323 e. The van der Waals surface area contributed by atoms with Gasteiger partial charge in [-0.2, -0.15) is 15.0 Å². The van der Waals surface area contributed by atoms with Gasteiger partial charge in [-0.3, -0.25) is 0 Å². The van der Waals surface area contributed by atoms with Gasteiger partial charge in [0.05, 0.1) is 6.61 Å². The van der Waals surface area contributed by atoms with E-state index in [0.29, 0.717) is 24.5 Å². The standard InChI is InChI=1S/C13H26N6O/c1-5-7-14-11-16-12(15-8-9-19(3)4)18-13(17-11)20-10-6-2/h5-10H2,1-4H3,(H2,14,15,16,17,18). The summed E-state index contributed by atoms with van der Waals surface area (Å²) in [7, 11) is 4.05. The van der Waals surface area contributed by atoms with Gasteiger partial charge in [-0.05, 0) is 26.9 Å². The Kier molecular flexibility index (Phi) is 7.64. The second-order valence-electron chi connectivity index (χ2n) is 4.77. The molecule has 1 rings (SSSR count). The molecule has 0 atom stereocenters. The van der Waals surface area contributed by atoms with Crippen LogP contribution in [0.4, 0.5) is 11.9 Å². The molecule has 0 aliphatic carbocycles. The van der Waals surface area contributed by atoms with Crippen LogP contribution in [0.5, 0.6) is 6.01 Å².